The third-order valence-electron chi connectivity index (χ3n) is 3.24. The van der Waals surface area contributed by atoms with Crippen LogP contribution >= 0.6 is 11.8 Å². The number of hydrogen-bond donors (Lipinski definition) is 1. The summed E-state index contributed by atoms with van der Waals surface area (Å²) in [6.07, 6.45) is 1.58. The lowest BCUT2D eigenvalue weighted by Gasteiger charge is -2.19. The van der Waals surface area contributed by atoms with Crippen LogP contribution in [0.5, 0.6) is 0 Å². The maximum atomic E-state index is 12.1. The molecule has 1 aromatic carbocycles. The molecule has 0 bridgehead atoms. The van der Waals surface area contributed by atoms with Crippen LogP contribution in [0.3, 0.4) is 0 Å². The third kappa shape index (κ3) is 2.23. The van der Waals surface area contributed by atoms with E-state index in [2.05, 4.69) is 0 Å². The van der Waals surface area contributed by atoms with Crippen LogP contribution < -0.4 is 0 Å². The van der Waals surface area contributed by atoms with Crippen molar-refractivity contribution in [2.24, 2.45) is 0 Å². The molecule has 0 aliphatic heterocycles. The molecule has 0 saturated heterocycles. The van der Waals surface area contributed by atoms with Crippen molar-refractivity contribution in [2.75, 3.05) is 0 Å². The van der Waals surface area contributed by atoms with E-state index in [4.69, 9.17) is 0 Å². The lowest BCUT2D eigenvalue weighted by molar-refractivity contribution is 0.150. The maximum Gasteiger partial charge on any atom is 0.288 e. The molecule has 0 radical (unpaired) electrons. The molecule has 1 atom stereocenters. The average molecular weight is 244 g/mol. The zero-order valence-electron chi connectivity index (χ0n) is 8.99. The number of benzene rings is 1. The monoisotopic (exact) mass is 244 g/mol. The summed E-state index contributed by atoms with van der Waals surface area (Å²) in [5.74, 6) is -2.38. The van der Waals surface area contributed by atoms with E-state index in [9.17, 15) is 13.9 Å². The van der Waals surface area contributed by atoms with Gasteiger partial charge in [0, 0.05) is 10.3 Å². The number of hydrogen-bond acceptors (Lipinski definition) is 2. The lowest BCUT2D eigenvalue weighted by Crippen LogP contribution is -2.22. The summed E-state index contributed by atoms with van der Waals surface area (Å²) in [5, 5.41) is 9.69. The Labute approximate surface area is 97.9 Å². The molecule has 0 amide bonds. The molecule has 88 valence electrons. The summed E-state index contributed by atoms with van der Waals surface area (Å²) < 4.78 is 24.2. The van der Waals surface area contributed by atoms with E-state index < -0.39 is 5.76 Å². The quantitative estimate of drug-likeness (QED) is 0.819. The van der Waals surface area contributed by atoms with Gasteiger partial charge < -0.3 is 5.11 Å². The molecule has 1 unspecified atom stereocenters. The largest absolute Gasteiger partial charge is 0.392 e. The molecule has 0 aromatic heterocycles. The second-order valence-corrected chi connectivity index (χ2v) is 5.30. The van der Waals surface area contributed by atoms with Crippen molar-refractivity contribution < 1.29 is 13.9 Å². The van der Waals surface area contributed by atoms with Crippen molar-refractivity contribution in [3.05, 3.63) is 29.8 Å². The predicted molar refractivity (Wildman–Crippen MR) is 60.9 cm³/mol. The van der Waals surface area contributed by atoms with E-state index in [0.717, 1.165) is 18.4 Å². The highest BCUT2D eigenvalue weighted by Crippen LogP contribution is 2.51. The van der Waals surface area contributed by atoms with Crippen LogP contribution in [0.15, 0.2) is 29.2 Å². The Morgan fingerprint density at radius 2 is 1.81 bits per heavy atom. The molecule has 4 heteroatoms. The van der Waals surface area contributed by atoms with Crippen molar-refractivity contribution in [2.45, 2.75) is 41.9 Å². The molecule has 16 heavy (non-hydrogen) atoms. The SMILES string of the molecule is CC(O)C1(c2ccc(SC(F)F)cc2)CC1. The van der Waals surface area contributed by atoms with Crippen LogP contribution in [0.4, 0.5) is 8.78 Å². The Kier molecular flexibility index (Phi) is 3.22. The molecular weight excluding hydrogens is 230 g/mol. The van der Waals surface area contributed by atoms with Gasteiger partial charge in [-0.05, 0) is 37.5 Å². The normalized spacial score (nSPS) is 19.8. The van der Waals surface area contributed by atoms with Gasteiger partial charge in [-0.1, -0.05) is 23.9 Å². The van der Waals surface area contributed by atoms with Gasteiger partial charge in [0.2, 0.25) is 0 Å². The van der Waals surface area contributed by atoms with Gasteiger partial charge in [-0.2, -0.15) is 8.78 Å². The predicted octanol–water partition coefficient (Wildman–Crippen LogP) is 3.41. The number of halogens is 2. The molecule has 2 rings (SSSR count). The van der Waals surface area contributed by atoms with Gasteiger partial charge >= 0.3 is 0 Å². The van der Waals surface area contributed by atoms with E-state index in [1.165, 1.54) is 0 Å². The first-order chi connectivity index (χ1) is 7.54. The van der Waals surface area contributed by atoms with E-state index in [1.807, 2.05) is 12.1 Å². The Hall–Kier alpha value is -0.610. The first kappa shape index (κ1) is 11.9. The zero-order valence-corrected chi connectivity index (χ0v) is 9.81. The molecular formula is C12H14F2OS. The topological polar surface area (TPSA) is 20.2 Å². The molecule has 1 aliphatic carbocycles. The second kappa shape index (κ2) is 4.34. The second-order valence-electron chi connectivity index (χ2n) is 4.23. The number of aliphatic hydroxyl groups excluding tert-OH is 1. The maximum absolute atomic E-state index is 12.1. The molecule has 0 spiro atoms. The standard InChI is InChI=1S/C12H14F2OS/c1-8(15)12(6-7-12)9-2-4-10(5-3-9)16-11(13)14/h2-5,8,11,15H,6-7H2,1H3. The fraction of sp³-hybridized carbons (Fsp3) is 0.500. The summed E-state index contributed by atoms with van der Waals surface area (Å²) in [7, 11) is 0. The summed E-state index contributed by atoms with van der Waals surface area (Å²) in [5.41, 5.74) is 0.940. The van der Waals surface area contributed by atoms with E-state index in [0.29, 0.717) is 16.7 Å². The van der Waals surface area contributed by atoms with Crippen LogP contribution in [-0.2, 0) is 5.41 Å². The Balaban J connectivity index is 2.14. The van der Waals surface area contributed by atoms with Crippen LogP contribution in [-0.4, -0.2) is 17.0 Å². The van der Waals surface area contributed by atoms with Crippen LogP contribution in [0.1, 0.15) is 25.3 Å². The van der Waals surface area contributed by atoms with Gasteiger partial charge in [-0.25, -0.2) is 0 Å². The number of thioether (sulfide) groups is 1. The number of aliphatic hydroxyl groups is 1. The van der Waals surface area contributed by atoms with Crippen LogP contribution in [0.25, 0.3) is 0 Å². The fourth-order valence-electron chi connectivity index (χ4n) is 2.05. The van der Waals surface area contributed by atoms with Crippen molar-refractivity contribution in [3.8, 4) is 0 Å². The minimum Gasteiger partial charge on any atom is -0.392 e. The van der Waals surface area contributed by atoms with Crippen molar-refractivity contribution in [1.29, 1.82) is 0 Å². The van der Waals surface area contributed by atoms with Crippen molar-refractivity contribution >= 4 is 11.8 Å². The van der Waals surface area contributed by atoms with E-state index in [1.54, 1.807) is 19.1 Å². The molecule has 1 fully saturated rings. The summed E-state index contributed by atoms with van der Waals surface area (Å²) in [6.45, 7) is 1.79. The van der Waals surface area contributed by atoms with E-state index in [-0.39, 0.29) is 11.5 Å². The number of alkyl halides is 2. The molecule has 1 aliphatic rings. The summed E-state index contributed by atoms with van der Waals surface area (Å²) in [6, 6.07) is 7.11. The average Bonchev–Trinajstić information content (AvgIpc) is 2.98. The van der Waals surface area contributed by atoms with E-state index >= 15 is 0 Å². The first-order valence-corrected chi connectivity index (χ1v) is 6.16. The summed E-state index contributed by atoms with van der Waals surface area (Å²) >= 11 is 0.551. The van der Waals surface area contributed by atoms with Gasteiger partial charge in [0.15, 0.2) is 0 Å². The highest BCUT2D eigenvalue weighted by molar-refractivity contribution is 7.99. The fourth-order valence-corrected chi connectivity index (χ4v) is 2.55. The van der Waals surface area contributed by atoms with Crippen LogP contribution in [0.2, 0.25) is 0 Å². The minimum absolute atomic E-state index is 0.117. The number of rotatable bonds is 4. The molecule has 1 N–H and O–H groups in total. The highest BCUT2D eigenvalue weighted by atomic mass is 32.2. The van der Waals surface area contributed by atoms with Gasteiger partial charge in [0.25, 0.3) is 5.76 Å². The smallest absolute Gasteiger partial charge is 0.288 e. The zero-order chi connectivity index (χ0) is 11.8. The third-order valence-corrected chi connectivity index (χ3v) is 3.97. The van der Waals surface area contributed by atoms with Crippen molar-refractivity contribution in [3.63, 3.8) is 0 Å². The molecule has 0 heterocycles. The van der Waals surface area contributed by atoms with Gasteiger partial charge in [0.1, 0.15) is 0 Å². The van der Waals surface area contributed by atoms with Gasteiger partial charge in [-0.15, -0.1) is 0 Å². The lowest BCUT2D eigenvalue weighted by atomic mass is 9.91. The van der Waals surface area contributed by atoms with Crippen LogP contribution in [0, 0.1) is 0 Å². The van der Waals surface area contributed by atoms with Gasteiger partial charge in [-0.3, -0.25) is 0 Å². The molecule has 1 nitrogen and oxygen atoms in total. The Morgan fingerprint density at radius 3 is 2.19 bits per heavy atom. The van der Waals surface area contributed by atoms with Gasteiger partial charge in [0.05, 0.1) is 6.10 Å². The Morgan fingerprint density at radius 1 is 1.25 bits per heavy atom. The highest BCUT2D eigenvalue weighted by Gasteiger charge is 2.48. The minimum atomic E-state index is -2.38. The molecule has 1 aromatic rings. The summed E-state index contributed by atoms with van der Waals surface area (Å²) in [4.78, 5) is 0.570. The molecule has 1 saturated carbocycles. The Bertz CT molecular complexity index is 358. The van der Waals surface area contributed by atoms with Crippen molar-refractivity contribution in [1.82, 2.24) is 0 Å². The first-order valence-electron chi connectivity index (χ1n) is 5.28.